The van der Waals surface area contributed by atoms with Crippen LogP contribution in [-0.2, 0) is 4.79 Å². The summed E-state index contributed by atoms with van der Waals surface area (Å²) in [5.74, 6) is 0.438. The maximum atomic E-state index is 12.2. The Morgan fingerprint density at radius 2 is 1.80 bits per heavy atom. The number of hydrogen-bond acceptors (Lipinski definition) is 1. The maximum Gasteiger partial charge on any atom is 0.139 e. The third-order valence-electron chi connectivity index (χ3n) is 4.37. The fraction of sp³-hybridized carbons (Fsp3) is 0.786. The van der Waals surface area contributed by atoms with Gasteiger partial charge in [-0.3, -0.25) is 4.79 Å². The van der Waals surface area contributed by atoms with E-state index in [2.05, 4.69) is 27.4 Å². The van der Waals surface area contributed by atoms with Gasteiger partial charge in [-0.05, 0) is 31.6 Å². The summed E-state index contributed by atoms with van der Waals surface area (Å²) in [6, 6.07) is 0. The molecule has 0 amide bonds. The monoisotopic (exact) mass is 208 g/mol. The molecule has 0 aromatic rings. The van der Waals surface area contributed by atoms with E-state index in [0.29, 0.717) is 12.2 Å². The van der Waals surface area contributed by atoms with E-state index in [1.54, 1.807) is 0 Å². The fourth-order valence-electron chi connectivity index (χ4n) is 2.62. The predicted molar refractivity (Wildman–Crippen MR) is 64.8 cm³/mol. The number of Topliss-reactive ketones (excluding diaryl/α,β-unsaturated/α-hetero) is 1. The van der Waals surface area contributed by atoms with Crippen molar-refractivity contribution in [3.8, 4) is 0 Å². The molecular formula is C14H24O. The van der Waals surface area contributed by atoms with Gasteiger partial charge in [-0.1, -0.05) is 32.8 Å². The largest absolute Gasteiger partial charge is 0.299 e. The SMILES string of the molecule is C=C(C)CCC(=O)C1(C)CCCC1(C)C. The van der Waals surface area contributed by atoms with Gasteiger partial charge >= 0.3 is 0 Å². The molecule has 1 rings (SSSR count). The zero-order chi connectivity index (χ0) is 11.7. The summed E-state index contributed by atoms with van der Waals surface area (Å²) >= 11 is 0. The van der Waals surface area contributed by atoms with Crippen LogP contribution in [0.3, 0.4) is 0 Å². The summed E-state index contributed by atoms with van der Waals surface area (Å²) in [7, 11) is 0. The van der Waals surface area contributed by atoms with Crippen LogP contribution in [0, 0.1) is 10.8 Å². The Balaban J connectivity index is 2.69. The van der Waals surface area contributed by atoms with Crippen molar-refractivity contribution in [1.82, 2.24) is 0 Å². The molecule has 0 saturated heterocycles. The van der Waals surface area contributed by atoms with Gasteiger partial charge in [0.2, 0.25) is 0 Å². The van der Waals surface area contributed by atoms with Gasteiger partial charge in [0, 0.05) is 11.8 Å². The Kier molecular flexibility index (Phi) is 3.42. The van der Waals surface area contributed by atoms with Gasteiger partial charge in [0.05, 0.1) is 0 Å². The van der Waals surface area contributed by atoms with E-state index < -0.39 is 0 Å². The van der Waals surface area contributed by atoms with Crippen molar-refractivity contribution in [2.45, 2.75) is 59.8 Å². The molecule has 0 heterocycles. The van der Waals surface area contributed by atoms with Crippen LogP contribution >= 0.6 is 0 Å². The van der Waals surface area contributed by atoms with Gasteiger partial charge in [-0.25, -0.2) is 0 Å². The lowest BCUT2D eigenvalue weighted by Gasteiger charge is -2.37. The highest BCUT2D eigenvalue weighted by atomic mass is 16.1. The van der Waals surface area contributed by atoms with Gasteiger partial charge in [-0.15, -0.1) is 6.58 Å². The van der Waals surface area contributed by atoms with Crippen LogP contribution in [0.5, 0.6) is 0 Å². The lowest BCUT2D eigenvalue weighted by atomic mass is 9.66. The van der Waals surface area contributed by atoms with Crippen molar-refractivity contribution in [3.05, 3.63) is 12.2 Å². The third-order valence-corrected chi connectivity index (χ3v) is 4.37. The van der Waals surface area contributed by atoms with Crippen LogP contribution in [0.2, 0.25) is 0 Å². The van der Waals surface area contributed by atoms with E-state index in [-0.39, 0.29) is 10.8 Å². The van der Waals surface area contributed by atoms with Crippen molar-refractivity contribution in [2.24, 2.45) is 10.8 Å². The first kappa shape index (κ1) is 12.5. The molecule has 0 bridgehead atoms. The molecule has 1 aliphatic carbocycles. The number of ketones is 1. The predicted octanol–water partition coefficient (Wildman–Crippen LogP) is 4.13. The lowest BCUT2D eigenvalue weighted by molar-refractivity contribution is -0.132. The molecule has 0 aromatic carbocycles. The number of carbonyl (C=O) groups is 1. The molecule has 86 valence electrons. The number of rotatable bonds is 4. The molecule has 1 unspecified atom stereocenters. The second kappa shape index (κ2) is 4.11. The highest BCUT2D eigenvalue weighted by molar-refractivity contribution is 5.85. The van der Waals surface area contributed by atoms with Crippen molar-refractivity contribution in [2.75, 3.05) is 0 Å². The zero-order valence-electron chi connectivity index (χ0n) is 10.7. The molecule has 1 saturated carbocycles. The summed E-state index contributed by atoms with van der Waals surface area (Å²) in [6.07, 6.45) is 4.97. The van der Waals surface area contributed by atoms with E-state index in [9.17, 15) is 4.79 Å². The van der Waals surface area contributed by atoms with Crippen molar-refractivity contribution < 1.29 is 4.79 Å². The molecule has 1 heteroatoms. The number of hydrogen-bond donors (Lipinski definition) is 0. The van der Waals surface area contributed by atoms with Gasteiger partial charge in [0.25, 0.3) is 0 Å². The third kappa shape index (κ3) is 2.32. The van der Waals surface area contributed by atoms with Crippen LogP contribution in [0.4, 0.5) is 0 Å². The van der Waals surface area contributed by atoms with E-state index in [4.69, 9.17) is 0 Å². The first-order valence-electron chi connectivity index (χ1n) is 5.97. The number of carbonyl (C=O) groups excluding carboxylic acids is 1. The van der Waals surface area contributed by atoms with Crippen molar-refractivity contribution in [3.63, 3.8) is 0 Å². The molecule has 1 atom stereocenters. The van der Waals surface area contributed by atoms with Gasteiger partial charge in [0.15, 0.2) is 0 Å². The second-order valence-corrected chi connectivity index (χ2v) is 5.95. The smallest absolute Gasteiger partial charge is 0.139 e. The van der Waals surface area contributed by atoms with Crippen molar-refractivity contribution in [1.29, 1.82) is 0 Å². The molecule has 0 aromatic heterocycles. The van der Waals surface area contributed by atoms with Gasteiger partial charge in [-0.2, -0.15) is 0 Å². The normalized spacial score (nSPS) is 29.1. The first-order valence-corrected chi connectivity index (χ1v) is 5.97. The van der Waals surface area contributed by atoms with E-state index >= 15 is 0 Å². The molecule has 1 nitrogen and oxygen atoms in total. The summed E-state index contributed by atoms with van der Waals surface area (Å²) in [4.78, 5) is 12.2. The fourth-order valence-corrected chi connectivity index (χ4v) is 2.62. The molecule has 15 heavy (non-hydrogen) atoms. The average Bonchev–Trinajstić information content (AvgIpc) is 2.38. The van der Waals surface area contributed by atoms with Gasteiger partial charge in [0.1, 0.15) is 5.78 Å². The number of allylic oxidation sites excluding steroid dienone is 1. The summed E-state index contributed by atoms with van der Waals surface area (Å²) in [5.41, 5.74) is 1.20. The quantitative estimate of drug-likeness (QED) is 0.635. The molecule has 0 radical (unpaired) electrons. The summed E-state index contributed by atoms with van der Waals surface area (Å²) < 4.78 is 0. The standard InChI is InChI=1S/C14H24O/c1-11(2)7-8-12(15)14(5)10-6-9-13(14,3)4/h1,6-10H2,2-5H3. The summed E-state index contributed by atoms with van der Waals surface area (Å²) in [5, 5.41) is 0. The van der Waals surface area contributed by atoms with Crippen LogP contribution in [0.1, 0.15) is 59.8 Å². The lowest BCUT2D eigenvalue weighted by Crippen LogP contribution is -2.37. The van der Waals surface area contributed by atoms with Crippen molar-refractivity contribution >= 4 is 5.78 Å². The minimum absolute atomic E-state index is 0.0948. The average molecular weight is 208 g/mol. The van der Waals surface area contributed by atoms with Crippen LogP contribution in [0.25, 0.3) is 0 Å². The summed E-state index contributed by atoms with van der Waals surface area (Å²) in [6.45, 7) is 12.5. The molecule has 0 spiro atoms. The second-order valence-electron chi connectivity index (χ2n) is 5.95. The highest BCUT2D eigenvalue weighted by Gasteiger charge is 2.49. The molecule has 1 fully saturated rings. The Morgan fingerprint density at radius 1 is 1.20 bits per heavy atom. The zero-order valence-corrected chi connectivity index (χ0v) is 10.7. The minimum Gasteiger partial charge on any atom is -0.299 e. The van der Waals surface area contributed by atoms with Crippen LogP contribution in [-0.4, -0.2) is 5.78 Å². The van der Waals surface area contributed by atoms with Crippen LogP contribution in [0.15, 0.2) is 12.2 Å². The topological polar surface area (TPSA) is 17.1 Å². The van der Waals surface area contributed by atoms with E-state index in [0.717, 1.165) is 18.4 Å². The minimum atomic E-state index is -0.0948. The molecule has 0 aliphatic heterocycles. The Hall–Kier alpha value is -0.590. The first-order chi connectivity index (χ1) is 6.79. The molecule has 1 aliphatic rings. The molecular weight excluding hydrogens is 184 g/mol. The van der Waals surface area contributed by atoms with E-state index in [1.165, 1.54) is 12.8 Å². The maximum absolute atomic E-state index is 12.2. The highest BCUT2D eigenvalue weighted by Crippen LogP contribution is 2.53. The Bertz CT molecular complexity index is 275. The van der Waals surface area contributed by atoms with Gasteiger partial charge < -0.3 is 0 Å². The Labute approximate surface area is 93.9 Å². The van der Waals surface area contributed by atoms with E-state index in [1.807, 2.05) is 6.92 Å². The Morgan fingerprint density at radius 3 is 2.20 bits per heavy atom. The van der Waals surface area contributed by atoms with Crippen LogP contribution < -0.4 is 0 Å². The molecule has 0 N–H and O–H groups in total.